The van der Waals surface area contributed by atoms with Gasteiger partial charge >= 0.3 is 5.97 Å². The lowest BCUT2D eigenvalue weighted by atomic mass is 9.81. The van der Waals surface area contributed by atoms with E-state index in [-0.39, 0.29) is 5.82 Å². The summed E-state index contributed by atoms with van der Waals surface area (Å²) in [6.07, 6.45) is 1.21. The van der Waals surface area contributed by atoms with E-state index in [4.69, 9.17) is 5.11 Å². The molecule has 2 N–H and O–H groups in total. The van der Waals surface area contributed by atoms with Crippen molar-refractivity contribution in [2.24, 2.45) is 5.92 Å². The molecule has 0 spiro atoms. The summed E-state index contributed by atoms with van der Waals surface area (Å²) in [4.78, 5) is 11.2. The summed E-state index contributed by atoms with van der Waals surface area (Å²) in [6.45, 7) is 1.73. The van der Waals surface area contributed by atoms with E-state index in [2.05, 4.69) is 0 Å². The summed E-state index contributed by atoms with van der Waals surface area (Å²) in [5.74, 6) is -2.20. The topological polar surface area (TPSA) is 57.5 Å². The Labute approximate surface area is 98.9 Å². The fourth-order valence-corrected chi connectivity index (χ4v) is 2.73. The van der Waals surface area contributed by atoms with Crippen molar-refractivity contribution < 1.29 is 19.4 Å². The standard InChI is InChI=1S/C13H15FO3/c1-2-10(12(15)16)13(17)6-5-8-7-9(14)3-4-11(8)13/h3-4,7,10,17H,2,5-6H2,1H3,(H,15,16). The number of carbonyl (C=O) groups is 1. The Hall–Kier alpha value is -1.42. The minimum absolute atomic E-state index is 0.344. The third-order valence-corrected chi connectivity index (χ3v) is 3.59. The van der Waals surface area contributed by atoms with Gasteiger partial charge in [-0.2, -0.15) is 0 Å². The fraction of sp³-hybridized carbons (Fsp3) is 0.462. The second kappa shape index (κ2) is 4.11. The van der Waals surface area contributed by atoms with Crippen LogP contribution in [0, 0.1) is 11.7 Å². The first kappa shape index (κ1) is 12.0. The molecule has 0 saturated carbocycles. The quantitative estimate of drug-likeness (QED) is 0.847. The van der Waals surface area contributed by atoms with Crippen molar-refractivity contribution in [3.8, 4) is 0 Å². The van der Waals surface area contributed by atoms with Gasteiger partial charge < -0.3 is 10.2 Å². The van der Waals surface area contributed by atoms with Crippen LogP contribution in [-0.2, 0) is 16.8 Å². The highest BCUT2D eigenvalue weighted by Crippen LogP contribution is 2.43. The van der Waals surface area contributed by atoms with Gasteiger partial charge in [-0.3, -0.25) is 4.79 Å². The highest BCUT2D eigenvalue weighted by Gasteiger charge is 2.46. The van der Waals surface area contributed by atoms with Crippen LogP contribution in [0.15, 0.2) is 18.2 Å². The van der Waals surface area contributed by atoms with E-state index in [1.807, 2.05) is 0 Å². The third kappa shape index (κ3) is 1.82. The van der Waals surface area contributed by atoms with Gasteiger partial charge in [0, 0.05) is 0 Å². The lowest BCUT2D eigenvalue weighted by Crippen LogP contribution is -2.37. The summed E-state index contributed by atoms with van der Waals surface area (Å²) in [7, 11) is 0. The number of hydrogen-bond acceptors (Lipinski definition) is 2. The average Bonchev–Trinajstić information content (AvgIpc) is 2.57. The molecule has 0 bridgehead atoms. The Morgan fingerprint density at radius 2 is 2.29 bits per heavy atom. The molecule has 17 heavy (non-hydrogen) atoms. The van der Waals surface area contributed by atoms with Gasteiger partial charge in [-0.05, 0) is 42.5 Å². The van der Waals surface area contributed by atoms with Crippen molar-refractivity contribution in [2.45, 2.75) is 31.8 Å². The maximum Gasteiger partial charge on any atom is 0.309 e. The predicted octanol–water partition coefficient (Wildman–Crippen LogP) is 2.07. The van der Waals surface area contributed by atoms with Crippen LogP contribution in [-0.4, -0.2) is 16.2 Å². The van der Waals surface area contributed by atoms with Gasteiger partial charge in [-0.1, -0.05) is 13.0 Å². The third-order valence-electron chi connectivity index (χ3n) is 3.59. The Kier molecular flexibility index (Phi) is 2.91. The fourth-order valence-electron chi connectivity index (χ4n) is 2.73. The van der Waals surface area contributed by atoms with Crippen molar-refractivity contribution in [2.75, 3.05) is 0 Å². The van der Waals surface area contributed by atoms with E-state index < -0.39 is 17.5 Å². The van der Waals surface area contributed by atoms with E-state index in [1.165, 1.54) is 18.2 Å². The number of aliphatic carboxylic acids is 1. The summed E-state index contributed by atoms with van der Waals surface area (Å²) in [5.41, 5.74) is -0.0794. The van der Waals surface area contributed by atoms with Crippen LogP contribution in [0.5, 0.6) is 0 Å². The molecule has 3 nitrogen and oxygen atoms in total. The molecule has 1 aromatic rings. The molecule has 0 radical (unpaired) electrons. The molecular weight excluding hydrogens is 223 g/mol. The first-order chi connectivity index (χ1) is 7.99. The molecule has 0 aromatic heterocycles. The molecule has 0 aliphatic heterocycles. The number of aryl methyl sites for hydroxylation is 1. The summed E-state index contributed by atoms with van der Waals surface area (Å²) in [5, 5.41) is 19.7. The molecule has 1 aromatic carbocycles. The van der Waals surface area contributed by atoms with Crippen LogP contribution in [0.4, 0.5) is 4.39 Å². The Morgan fingerprint density at radius 1 is 1.59 bits per heavy atom. The molecule has 1 aliphatic rings. The van der Waals surface area contributed by atoms with Crippen molar-refractivity contribution in [1.82, 2.24) is 0 Å². The summed E-state index contributed by atoms with van der Waals surface area (Å²) >= 11 is 0. The number of halogens is 1. The number of carboxylic acids is 1. The first-order valence-electron chi connectivity index (χ1n) is 5.73. The monoisotopic (exact) mass is 238 g/mol. The molecule has 0 heterocycles. The molecular formula is C13H15FO3. The highest BCUT2D eigenvalue weighted by molar-refractivity contribution is 5.72. The second-order valence-corrected chi connectivity index (χ2v) is 4.52. The van der Waals surface area contributed by atoms with Crippen LogP contribution >= 0.6 is 0 Å². The molecule has 1 aliphatic carbocycles. The van der Waals surface area contributed by atoms with Crippen LogP contribution in [0.2, 0.25) is 0 Å². The highest BCUT2D eigenvalue weighted by atomic mass is 19.1. The van der Waals surface area contributed by atoms with Gasteiger partial charge in [0.15, 0.2) is 0 Å². The molecule has 2 atom stereocenters. The van der Waals surface area contributed by atoms with Gasteiger partial charge in [0.1, 0.15) is 11.4 Å². The van der Waals surface area contributed by atoms with Crippen molar-refractivity contribution >= 4 is 5.97 Å². The van der Waals surface area contributed by atoms with Crippen LogP contribution < -0.4 is 0 Å². The molecule has 4 heteroatoms. The van der Waals surface area contributed by atoms with Gasteiger partial charge in [-0.15, -0.1) is 0 Å². The van der Waals surface area contributed by atoms with E-state index in [1.54, 1.807) is 6.92 Å². The van der Waals surface area contributed by atoms with E-state index in [0.717, 1.165) is 0 Å². The minimum atomic E-state index is -1.36. The Morgan fingerprint density at radius 3 is 2.88 bits per heavy atom. The van der Waals surface area contributed by atoms with Gasteiger partial charge in [0.05, 0.1) is 5.92 Å². The van der Waals surface area contributed by atoms with E-state index >= 15 is 0 Å². The Bertz CT molecular complexity index is 458. The average molecular weight is 238 g/mol. The molecule has 0 saturated heterocycles. The van der Waals surface area contributed by atoms with E-state index in [9.17, 15) is 14.3 Å². The van der Waals surface area contributed by atoms with Crippen molar-refractivity contribution in [3.63, 3.8) is 0 Å². The number of benzene rings is 1. The summed E-state index contributed by atoms with van der Waals surface area (Å²) < 4.78 is 13.1. The Balaban J connectivity index is 2.46. The van der Waals surface area contributed by atoms with Gasteiger partial charge in [-0.25, -0.2) is 4.39 Å². The van der Waals surface area contributed by atoms with Gasteiger partial charge in [0.25, 0.3) is 0 Å². The number of carboxylic acid groups (broad SMARTS) is 1. The van der Waals surface area contributed by atoms with Crippen LogP contribution in [0.3, 0.4) is 0 Å². The maximum atomic E-state index is 13.1. The smallest absolute Gasteiger partial charge is 0.309 e. The number of hydrogen-bond donors (Lipinski definition) is 2. The van der Waals surface area contributed by atoms with Crippen molar-refractivity contribution in [3.05, 3.63) is 35.1 Å². The number of rotatable bonds is 3. The number of aliphatic hydroxyl groups is 1. The molecule has 0 fully saturated rings. The lowest BCUT2D eigenvalue weighted by molar-refractivity contribution is -0.153. The molecule has 0 amide bonds. The zero-order valence-corrected chi connectivity index (χ0v) is 9.61. The zero-order chi connectivity index (χ0) is 12.6. The molecule has 2 unspecified atom stereocenters. The molecule has 92 valence electrons. The minimum Gasteiger partial charge on any atom is -0.481 e. The van der Waals surface area contributed by atoms with E-state index in [0.29, 0.717) is 30.4 Å². The zero-order valence-electron chi connectivity index (χ0n) is 9.61. The van der Waals surface area contributed by atoms with Crippen molar-refractivity contribution in [1.29, 1.82) is 0 Å². The predicted molar refractivity (Wildman–Crippen MR) is 60.0 cm³/mol. The number of fused-ring (bicyclic) bond motifs is 1. The first-order valence-corrected chi connectivity index (χ1v) is 5.73. The largest absolute Gasteiger partial charge is 0.481 e. The van der Waals surface area contributed by atoms with Gasteiger partial charge in [0.2, 0.25) is 0 Å². The lowest BCUT2D eigenvalue weighted by Gasteiger charge is -2.30. The van der Waals surface area contributed by atoms with Crippen LogP contribution in [0.1, 0.15) is 30.9 Å². The maximum absolute atomic E-state index is 13.1. The van der Waals surface area contributed by atoms with Crippen LogP contribution in [0.25, 0.3) is 0 Å². The molecule has 2 rings (SSSR count). The normalized spacial score (nSPS) is 24.4. The SMILES string of the molecule is CCC(C(=O)O)C1(O)CCc2cc(F)ccc21. The summed E-state index contributed by atoms with van der Waals surface area (Å²) in [6, 6.07) is 4.15. The second-order valence-electron chi connectivity index (χ2n) is 4.52.